The first-order valence-corrected chi connectivity index (χ1v) is 10.6. The lowest BCUT2D eigenvalue weighted by Gasteiger charge is -2.47. The molecule has 1 N–H and O–H groups in total. The Morgan fingerprint density at radius 1 is 1.31 bits per heavy atom. The molecule has 194 valence electrons. The van der Waals surface area contributed by atoms with Crippen molar-refractivity contribution in [1.29, 1.82) is 0 Å². The molecule has 3 aromatic heterocycles. The van der Waals surface area contributed by atoms with Crippen LogP contribution in [0.5, 0.6) is 17.4 Å². The zero-order valence-corrected chi connectivity index (χ0v) is 18.9. The zero-order chi connectivity index (χ0) is 26.3. The number of hydrogen-bond donors (Lipinski definition) is 1. The fourth-order valence-electron chi connectivity index (χ4n) is 3.88. The number of ether oxygens (including phenoxy) is 3. The van der Waals surface area contributed by atoms with Gasteiger partial charge in [-0.3, -0.25) is 9.20 Å². The van der Waals surface area contributed by atoms with Gasteiger partial charge in [-0.2, -0.15) is 13.2 Å². The third-order valence-electron chi connectivity index (χ3n) is 5.80. The summed E-state index contributed by atoms with van der Waals surface area (Å²) in [6.45, 7) is 0.580. The minimum absolute atomic E-state index is 0.00469. The molecule has 1 saturated carbocycles. The topological polar surface area (TPSA) is 87.0 Å². The summed E-state index contributed by atoms with van der Waals surface area (Å²) in [5, 5.41) is 2.54. The molecule has 0 bridgehead atoms. The second-order valence-corrected chi connectivity index (χ2v) is 8.17. The SMILES string of the molecule is COC1(C(F)(F)F)CC(NC(=O)c2nc3ccc(Oc4ncc(F)cc4OCC(F)F)cn3c2C)C1. The molecule has 0 saturated heterocycles. The molecule has 1 fully saturated rings. The molecular formula is C22H20F6N4O4. The summed E-state index contributed by atoms with van der Waals surface area (Å²) in [6.07, 6.45) is -5.92. The molecule has 14 heteroatoms. The van der Waals surface area contributed by atoms with E-state index in [1.54, 1.807) is 6.92 Å². The number of pyridine rings is 2. The number of rotatable bonds is 8. The first-order valence-electron chi connectivity index (χ1n) is 10.6. The standard InChI is InChI=1S/C22H20F6N4O4/c1-11-18(19(33)30-13-6-21(7-13,34-2)22(26,27)28)31-17-4-3-14(9-32(11)17)36-20-15(35-10-16(24)25)5-12(23)8-29-20/h3-5,8-9,13,16H,6-7,10H2,1-2H3,(H,30,33). The summed E-state index contributed by atoms with van der Waals surface area (Å²) in [7, 11) is 0.979. The van der Waals surface area contributed by atoms with E-state index in [4.69, 9.17) is 9.47 Å². The molecule has 1 amide bonds. The number of methoxy groups -OCH3 is 1. The van der Waals surface area contributed by atoms with Crippen molar-refractivity contribution in [1.82, 2.24) is 19.7 Å². The molecule has 0 spiro atoms. The molecular weight excluding hydrogens is 498 g/mol. The molecule has 0 atom stereocenters. The average Bonchev–Trinajstić information content (AvgIpc) is 3.11. The minimum Gasteiger partial charge on any atom is -0.482 e. The summed E-state index contributed by atoms with van der Waals surface area (Å²) in [5.41, 5.74) is -1.59. The molecule has 0 unspecified atom stereocenters. The number of halogens is 6. The van der Waals surface area contributed by atoms with Crippen LogP contribution in [-0.4, -0.2) is 58.2 Å². The summed E-state index contributed by atoms with van der Waals surface area (Å²) in [5.74, 6) is -1.91. The highest BCUT2D eigenvalue weighted by Gasteiger charge is 2.63. The quantitative estimate of drug-likeness (QED) is 0.444. The van der Waals surface area contributed by atoms with Gasteiger partial charge in [0.1, 0.15) is 29.5 Å². The third kappa shape index (κ3) is 4.90. The number of nitrogens with one attached hydrogen (secondary N) is 1. The van der Waals surface area contributed by atoms with Crippen molar-refractivity contribution in [2.45, 2.75) is 44.0 Å². The Balaban J connectivity index is 1.50. The molecule has 36 heavy (non-hydrogen) atoms. The maximum Gasteiger partial charge on any atom is 0.417 e. The largest absolute Gasteiger partial charge is 0.482 e. The van der Waals surface area contributed by atoms with E-state index in [2.05, 4.69) is 20.0 Å². The van der Waals surface area contributed by atoms with Crippen molar-refractivity contribution >= 4 is 11.6 Å². The summed E-state index contributed by atoms with van der Waals surface area (Å²) in [6, 6.07) is 3.06. The van der Waals surface area contributed by atoms with E-state index in [-0.39, 0.29) is 23.1 Å². The van der Waals surface area contributed by atoms with Crippen LogP contribution < -0.4 is 14.8 Å². The van der Waals surface area contributed by atoms with Crippen LogP contribution in [0.15, 0.2) is 30.6 Å². The number of hydrogen-bond acceptors (Lipinski definition) is 6. The van der Waals surface area contributed by atoms with Gasteiger partial charge in [0.2, 0.25) is 0 Å². The second-order valence-electron chi connectivity index (χ2n) is 8.17. The molecule has 0 aliphatic heterocycles. The number of amides is 1. The lowest BCUT2D eigenvalue weighted by molar-refractivity contribution is -0.301. The van der Waals surface area contributed by atoms with Crippen molar-refractivity contribution < 1.29 is 45.3 Å². The maximum atomic E-state index is 13.5. The highest BCUT2D eigenvalue weighted by molar-refractivity contribution is 5.94. The minimum atomic E-state index is -4.55. The van der Waals surface area contributed by atoms with Gasteiger partial charge >= 0.3 is 6.18 Å². The maximum absolute atomic E-state index is 13.5. The van der Waals surface area contributed by atoms with E-state index in [1.165, 1.54) is 22.7 Å². The first kappa shape index (κ1) is 25.5. The highest BCUT2D eigenvalue weighted by atomic mass is 19.4. The molecule has 3 heterocycles. The van der Waals surface area contributed by atoms with Crippen LogP contribution >= 0.6 is 0 Å². The van der Waals surface area contributed by atoms with E-state index in [0.717, 1.165) is 19.4 Å². The van der Waals surface area contributed by atoms with Gasteiger partial charge in [0.05, 0.1) is 18.1 Å². The van der Waals surface area contributed by atoms with Gasteiger partial charge in [0.15, 0.2) is 11.4 Å². The summed E-state index contributed by atoms with van der Waals surface area (Å²) < 4.78 is 94.6. The second kappa shape index (κ2) is 9.48. The fraction of sp³-hybridized carbons (Fsp3) is 0.409. The van der Waals surface area contributed by atoms with E-state index < -0.39 is 55.4 Å². The Kier molecular flexibility index (Phi) is 6.73. The Hall–Kier alpha value is -3.55. The molecule has 0 aromatic carbocycles. The lowest BCUT2D eigenvalue weighted by Crippen LogP contribution is -2.63. The molecule has 8 nitrogen and oxygen atoms in total. The van der Waals surface area contributed by atoms with Crippen molar-refractivity contribution in [3.63, 3.8) is 0 Å². The van der Waals surface area contributed by atoms with Crippen LogP contribution in [0, 0.1) is 12.7 Å². The Morgan fingerprint density at radius 2 is 2.03 bits per heavy atom. The molecule has 3 aromatic rings. The van der Waals surface area contributed by atoms with Crippen LogP contribution in [0.2, 0.25) is 0 Å². The van der Waals surface area contributed by atoms with Gasteiger partial charge < -0.3 is 19.5 Å². The number of nitrogens with zero attached hydrogens (tertiary/aromatic N) is 3. The van der Waals surface area contributed by atoms with Crippen molar-refractivity contribution in [3.8, 4) is 17.4 Å². The third-order valence-corrected chi connectivity index (χ3v) is 5.80. The van der Waals surface area contributed by atoms with Gasteiger partial charge in [-0.25, -0.2) is 23.1 Å². The van der Waals surface area contributed by atoms with Crippen LogP contribution in [0.4, 0.5) is 26.3 Å². The number of aryl methyl sites for hydroxylation is 1. The first-order chi connectivity index (χ1) is 16.9. The number of alkyl halides is 5. The van der Waals surface area contributed by atoms with Gasteiger partial charge in [-0.1, -0.05) is 0 Å². The zero-order valence-electron chi connectivity index (χ0n) is 18.9. The van der Waals surface area contributed by atoms with Crippen molar-refractivity contribution in [2.75, 3.05) is 13.7 Å². The van der Waals surface area contributed by atoms with E-state index in [9.17, 15) is 31.1 Å². The van der Waals surface area contributed by atoms with Crippen LogP contribution in [-0.2, 0) is 4.74 Å². The Labute approximate surface area is 200 Å². The van der Waals surface area contributed by atoms with E-state index in [0.29, 0.717) is 11.3 Å². The van der Waals surface area contributed by atoms with Gasteiger partial charge in [0, 0.05) is 32.1 Å². The number of aromatic nitrogens is 3. The van der Waals surface area contributed by atoms with Gasteiger partial charge in [-0.15, -0.1) is 0 Å². The normalized spacial score (nSPS) is 19.9. The van der Waals surface area contributed by atoms with Crippen LogP contribution in [0.1, 0.15) is 29.0 Å². The number of carbonyl (C=O) groups is 1. The van der Waals surface area contributed by atoms with Gasteiger partial charge in [-0.05, 0) is 19.1 Å². The monoisotopic (exact) mass is 518 g/mol. The summed E-state index contributed by atoms with van der Waals surface area (Å²) in [4.78, 5) is 20.7. The average molecular weight is 518 g/mol. The molecule has 4 rings (SSSR count). The molecule has 1 aliphatic carbocycles. The van der Waals surface area contributed by atoms with Crippen LogP contribution in [0.3, 0.4) is 0 Å². The van der Waals surface area contributed by atoms with Crippen LogP contribution in [0.25, 0.3) is 5.65 Å². The van der Waals surface area contributed by atoms with E-state index >= 15 is 0 Å². The predicted octanol–water partition coefficient (Wildman–Crippen LogP) is 4.45. The molecule has 0 radical (unpaired) electrons. The van der Waals surface area contributed by atoms with Crippen molar-refractivity contribution in [2.24, 2.45) is 0 Å². The smallest absolute Gasteiger partial charge is 0.417 e. The fourth-order valence-corrected chi connectivity index (χ4v) is 3.88. The highest BCUT2D eigenvalue weighted by Crippen LogP contribution is 2.47. The lowest BCUT2D eigenvalue weighted by atomic mass is 9.74. The Bertz CT molecular complexity index is 1270. The number of fused-ring (bicyclic) bond motifs is 1. The van der Waals surface area contributed by atoms with E-state index in [1.807, 2.05) is 0 Å². The Morgan fingerprint density at radius 3 is 2.67 bits per heavy atom. The molecule has 1 aliphatic rings. The van der Waals surface area contributed by atoms with Gasteiger partial charge in [0.25, 0.3) is 18.2 Å². The number of carbonyl (C=O) groups excluding carboxylic acids is 1. The summed E-state index contributed by atoms with van der Waals surface area (Å²) >= 11 is 0. The number of imidazole rings is 1. The predicted molar refractivity (Wildman–Crippen MR) is 112 cm³/mol. The van der Waals surface area contributed by atoms with Crippen molar-refractivity contribution in [3.05, 3.63) is 47.8 Å².